The summed E-state index contributed by atoms with van der Waals surface area (Å²) in [5, 5.41) is 5.10. The van der Waals surface area contributed by atoms with E-state index in [4.69, 9.17) is 16.3 Å². The first-order valence-corrected chi connectivity index (χ1v) is 6.42. The Balaban J connectivity index is 1.98. The van der Waals surface area contributed by atoms with E-state index >= 15 is 0 Å². The van der Waals surface area contributed by atoms with E-state index in [0.717, 1.165) is 48.9 Å². The van der Waals surface area contributed by atoms with Crippen molar-refractivity contribution in [3.8, 4) is 0 Å². The number of aromatic nitrogens is 2. The van der Waals surface area contributed by atoms with Gasteiger partial charge in [0, 0.05) is 39.4 Å². The van der Waals surface area contributed by atoms with Crippen LogP contribution in [0.3, 0.4) is 0 Å². The average Bonchev–Trinajstić information content (AvgIpc) is 2.57. The summed E-state index contributed by atoms with van der Waals surface area (Å²) in [6.07, 6.45) is 2.64. The number of methoxy groups -OCH3 is 1. The Labute approximate surface area is 107 Å². The number of halogens is 1. The van der Waals surface area contributed by atoms with Gasteiger partial charge in [-0.3, -0.25) is 9.58 Å². The van der Waals surface area contributed by atoms with Crippen LogP contribution in [0.1, 0.15) is 24.1 Å². The SMILES string of the molecule is COC1CCN(Cc2c(C)nn(C)c2Cl)CC1. The molecule has 0 atom stereocenters. The number of hydrogen-bond donors (Lipinski definition) is 0. The number of rotatable bonds is 3. The van der Waals surface area contributed by atoms with Crippen LogP contribution < -0.4 is 0 Å². The number of aryl methyl sites for hydroxylation is 2. The first-order valence-electron chi connectivity index (χ1n) is 6.05. The zero-order chi connectivity index (χ0) is 12.4. The van der Waals surface area contributed by atoms with Crippen LogP contribution >= 0.6 is 11.6 Å². The van der Waals surface area contributed by atoms with Crippen LogP contribution in [-0.4, -0.2) is 41.0 Å². The second kappa shape index (κ2) is 5.38. The predicted molar refractivity (Wildman–Crippen MR) is 68.3 cm³/mol. The summed E-state index contributed by atoms with van der Waals surface area (Å²) >= 11 is 6.24. The van der Waals surface area contributed by atoms with E-state index in [0.29, 0.717) is 6.10 Å². The van der Waals surface area contributed by atoms with Gasteiger partial charge >= 0.3 is 0 Å². The molecule has 1 fully saturated rings. The van der Waals surface area contributed by atoms with Gasteiger partial charge in [-0.25, -0.2) is 0 Å². The molecular formula is C12H20ClN3O. The molecule has 2 rings (SSSR count). The number of piperidine rings is 1. The minimum Gasteiger partial charge on any atom is -0.381 e. The zero-order valence-corrected chi connectivity index (χ0v) is 11.5. The van der Waals surface area contributed by atoms with Crippen molar-refractivity contribution in [2.75, 3.05) is 20.2 Å². The van der Waals surface area contributed by atoms with Gasteiger partial charge in [-0.05, 0) is 19.8 Å². The molecule has 4 nitrogen and oxygen atoms in total. The van der Waals surface area contributed by atoms with E-state index < -0.39 is 0 Å². The van der Waals surface area contributed by atoms with E-state index in [2.05, 4.69) is 10.00 Å². The van der Waals surface area contributed by atoms with E-state index in [1.165, 1.54) is 0 Å². The molecule has 0 radical (unpaired) electrons. The van der Waals surface area contributed by atoms with Gasteiger partial charge in [0.1, 0.15) is 5.15 Å². The Hall–Kier alpha value is -0.580. The zero-order valence-electron chi connectivity index (χ0n) is 10.7. The third-order valence-corrected chi connectivity index (χ3v) is 3.99. The fraction of sp³-hybridized carbons (Fsp3) is 0.750. The van der Waals surface area contributed by atoms with Gasteiger partial charge in [-0.2, -0.15) is 5.10 Å². The maximum absolute atomic E-state index is 6.24. The van der Waals surface area contributed by atoms with Crippen LogP contribution in [0.4, 0.5) is 0 Å². The molecular weight excluding hydrogens is 238 g/mol. The van der Waals surface area contributed by atoms with Crippen LogP contribution in [0, 0.1) is 6.92 Å². The van der Waals surface area contributed by atoms with Crippen LogP contribution in [0.25, 0.3) is 0 Å². The van der Waals surface area contributed by atoms with E-state index in [1.54, 1.807) is 11.8 Å². The van der Waals surface area contributed by atoms with E-state index in [-0.39, 0.29) is 0 Å². The molecule has 0 N–H and O–H groups in total. The van der Waals surface area contributed by atoms with E-state index in [9.17, 15) is 0 Å². The molecule has 0 unspecified atom stereocenters. The third kappa shape index (κ3) is 2.81. The van der Waals surface area contributed by atoms with Crippen LogP contribution in [0.15, 0.2) is 0 Å². The molecule has 5 heteroatoms. The molecule has 1 aromatic heterocycles. The van der Waals surface area contributed by atoms with Gasteiger partial charge in [-0.1, -0.05) is 11.6 Å². The topological polar surface area (TPSA) is 30.3 Å². The average molecular weight is 258 g/mol. The highest BCUT2D eigenvalue weighted by Crippen LogP contribution is 2.22. The minimum atomic E-state index is 0.428. The van der Waals surface area contributed by atoms with Gasteiger partial charge in [-0.15, -0.1) is 0 Å². The summed E-state index contributed by atoms with van der Waals surface area (Å²) in [5.74, 6) is 0. The van der Waals surface area contributed by atoms with Crippen molar-refractivity contribution in [2.24, 2.45) is 7.05 Å². The first kappa shape index (κ1) is 12.9. The number of hydrogen-bond acceptors (Lipinski definition) is 3. The lowest BCUT2D eigenvalue weighted by Gasteiger charge is -2.31. The molecule has 96 valence electrons. The van der Waals surface area contributed by atoms with Crippen molar-refractivity contribution in [1.82, 2.24) is 14.7 Å². The Morgan fingerprint density at radius 3 is 2.53 bits per heavy atom. The van der Waals surface area contributed by atoms with Crippen molar-refractivity contribution in [1.29, 1.82) is 0 Å². The quantitative estimate of drug-likeness (QED) is 0.830. The molecule has 0 amide bonds. The molecule has 0 aliphatic carbocycles. The fourth-order valence-electron chi connectivity index (χ4n) is 2.38. The summed E-state index contributed by atoms with van der Waals surface area (Å²) in [7, 11) is 3.68. The van der Waals surface area contributed by atoms with Crippen molar-refractivity contribution in [3.63, 3.8) is 0 Å². The largest absolute Gasteiger partial charge is 0.381 e. The van der Waals surface area contributed by atoms with Crippen LogP contribution in [-0.2, 0) is 18.3 Å². The molecule has 1 aliphatic heterocycles. The summed E-state index contributed by atoms with van der Waals surface area (Å²) in [6, 6.07) is 0. The van der Waals surface area contributed by atoms with Crippen molar-refractivity contribution in [3.05, 3.63) is 16.4 Å². The molecule has 17 heavy (non-hydrogen) atoms. The Morgan fingerprint density at radius 2 is 2.06 bits per heavy atom. The van der Waals surface area contributed by atoms with E-state index in [1.807, 2.05) is 14.0 Å². The van der Waals surface area contributed by atoms with Gasteiger partial charge in [0.05, 0.1) is 11.8 Å². The lowest BCUT2D eigenvalue weighted by atomic mass is 10.1. The van der Waals surface area contributed by atoms with Crippen LogP contribution in [0.5, 0.6) is 0 Å². The molecule has 0 saturated carbocycles. The molecule has 2 heterocycles. The van der Waals surface area contributed by atoms with Crippen molar-refractivity contribution in [2.45, 2.75) is 32.4 Å². The second-order valence-electron chi connectivity index (χ2n) is 4.69. The Bertz CT molecular complexity index is 383. The highest BCUT2D eigenvalue weighted by atomic mass is 35.5. The first-order chi connectivity index (χ1) is 8.11. The normalized spacial score (nSPS) is 18.8. The lowest BCUT2D eigenvalue weighted by molar-refractivity contribution is 0.0388. The number of nitrogens with zero attached hydrogens (tertiary/aromatic N) is 3. The van der Waals surface area contributed by atoms with Gasteiger partial charge in [0.25, 0.3) is 0 Å². The van der Waals surface area contributed by atoms with Gasteiger partial charge in [0.2, 0.25) is 0 Å². The molecule has 1 saturated heterocycles. The second-order valence-corrected chi connectivity index (χ2v) is 5.05. The summed E-state index contributed by atoms with van der Waals surface area (Å²) in [4.78, 5) is 2.42. The smallest absolute Gasteiger partial charge is 0.131 e. The molecule has 0 aromatic carbocycles. The number of likely N-dealkylation sites (tertiary alicyclic amines) is 1. The summed E-state index contributed by atoms with van der Waals surface area (Å²) < 4.78 is 7.12. The Kier molecular flexibility index (Phi) is 4.07. The molecule has 1 aliphatic rings. The predicted octanol–water partition coefficient (Wildman–Crippen LogP) is 1.99. The van der Waals surface area contributed by atoms with Gasteiger partial charge in [0.15, 0.2) is 0 Å². The molecule has 0 bridgehead atoms. The molecule has 0 spiro atoms. The Morgan fingerprint density at radius 1 is 1.41 bits per heavy atom. The summed E-state index contributed by atoms with van der Waals surface area (Å²) in [6.45, 7) is 5.06. The highest BCUT2D eigenvalue weighted by Gasteiger charge is 2.21. The minimum absolute atomic E-state index is 0.428. The standard InChI is InChI=1S/C12H20ClN3O/c1-9-11(12(13)15(2)14-9)8-16-6-4-10(17-3)5-7-16/h10H,4-8H2,1-3H3. The fourth-order valence-corrected chi connectivity index (χ4v) is 2.61. The maximum atomic E-state index is 6.24. The molecule has 1 aromatic rings. The summed E-state index contributed by atoms with van der Waals surface area (Å²) in [5.41, 5.74) is 2.19. The van der Waals surface area contributed by atoms with Crippen molar-refractivity contribution < 1.29 is 4.74 Å². The monoisotopic (exact) mass is 257 g/mol. The third-order valence-electron chi connectivity index (χ3n) is 3.52. The van der Waals surface area contributed by atoms with Crippen molar-refractivity contribution >= 4 is 11.6 Å². The van der Waals surface area contributed by atoms with Gasteiger partial charge < -0.3 is 4.74 Å². The highest BCUT2D eigenvalue weighted by molar-refractivity contribution is 6.30. The van der Waals surface area contributed by atoms with Crippen LogP contribution in [0.2, 0.25) is 5.15 Å². The lowest BCUT2D eigenvalue weighted by Crippen LogP contribution is -2.36. The number of ether oxygens (including phenoxy) is 1. The maximum Gasteiger partial charge on any atom is 0.131 e.